The summed E-state index contributed by atoms with van der Waals surface area (Å²) < 4.78 is 17.9. The molecule has 6 nitrogen and oxygen atoms in total. The van der Waals surface area contributed by atoms with Gasteiger partial charge in [-0.2, -0.15) is 0 Å². The monoisotopic (exact) mass is 420 g/mol. The highest BCUT2D eigenvalue weighted by Crippen LogP contribution is 2.54. The van der Waals surface area contributed by atoms with Crippen molar-refractivity contribution in [2.24, 2.45) is 23.7 Å². The lowest BCUT2D eigenvalue weighted by molar-refractivity contribution is -0.191. The van der Waals surface area contributed by atoms with Crippen LogP contribution < -0.4 is 0 Å². The first-order valence-corrected chi connectivity index (χ1v) is 11.0. The van der Waals surface area contributed by atoms with Gasteiger partial charge >= 0.3 is 11.9 Å². The number of rotatable bonds is 3. The normalized spacial score (nSPS) is 42.8. The number of ether oxygens (including phenoxy) is 3. The third kappa shape index (κ3) is 4.22. The van der Waals surface area contributed by atoms with Gasteiger partial charge in [-0.15, -0.1) is 0 Å². The minimum absolute atomic E-state index is 0.00855. The van der Waals surface area contributed by atoms with E-state index in [2.05, 4.69) is 33.8 Å². The van der Waals surface area contributed by atoms with Crippen LogP contribution in [0.5, 0.6) is 0 Å². The van der Waals surface area contributed by atoms with Gasteiger partial charge in [0, 0.05) is 38.0 Å². The Morgan fingerprint density at radius 2 is 1.83 bits per heavy atom. The summed E-state index contributed by atoms with van der Waals surface area (Å²) in [6.07, 6.45) is 3.63. The van der Waals surface area contributed by atoms with Crippen LogP contribution in [0.3, 0.4) is 0 Å². The maximum absolute atomic E-state index is 11.8. The Kier molecular flexibility index (Phi) is 6.49. The number of hydrogen-bond donors (Lipinski definition) is 1. The zero-order chi connectivity index (χ0) is 22.4. The van der Waals surface area contributed by atoms with Gasteiger partial charge in [0.1, 0.15) is 17.8 Å². The second-order valence-electron chi connectivity index (χ2n) is 9.82. The number of carbonyl (C=O) groups is 2. The van der Waals surface area contributed by atoms with Crippen LogP contribution in [0.2, 0.25) is 0 Å². The van der Waals surface area contributed by atoms with E-state index in [1.54, 1.807) is 6.92 Å². The van der Waals surface area contributed by atoms with Crippen molar-refractivity contribution in [2.45, 2.75) is 91.3 Å². The SMILES string of the molecule is CC(=O)O[C@H]1C/C=C(\C)C[C@H]2O[C@H]([C@H]3[C@@H]2C(C)=C[C@@H](OC(C)=O)[C@@H]3C(C)C)[C@]1(C)O. The third-order valence-corrected chi connectivity index (χ3v) is 7.07. The van der Waals surface area contributed by atoms with Gasteiger partial charge in [0.05, 0.1) is 12.2 Å². The number of carbonyl (C=O) groups excluding carboxylic acids is 2. The van der Waals surface area contributed by atoms with E-state index < -0.39 is 23.8 Å². The molecular formula is C24H36O6. The van der Waals surface area contributed by atoms with Gasteiger partial charge in [-0.1, -0.05) is 31.1 Å². The topological polar surface area (TPSA) is 82.1 Å². The van der Waals surface area contributed by atoms with Crippen LogP contribution in [0.4, 0.5) is 0 Å². The molecule has 0 spiro atoms. The summed E-state index contributed by atoms with van der Waals surface area (Å²) in [4.78, 5) is 23.6. The summed E-state index contributed by atoms with van der Waals surface area (Å²) in [7, 11) is 0. The van der Waals surface area contributed by atoms with Gasteiger partial charge in [-0.3, -0.25) is 9.59 Å². The van der Waals surface area contributed by atoms with Gasteiger partial charge in [-0.05, 0) is 39.2 Å². The van der Waals surface area contributed by atoms with Crippen molar-refractivity contribution in [1.82, 2.24) is 0 Å². The second-order valence-corrected chi connectivity index (χ2v) is 9.82. The summed E-state index contributed by atoms with van der Waals surface area (Å²) in [6, 6.07) is 0. The van der Waals surface area contributed by atoms with E-state index >= 15 is 0 Å². The Morgan fingerprint density at radius 1 is 1.20 bits per heavy atom. The smallest absolute Gasteiger partial charge is 0.303 e. The van der Waals surface area contributed by atoms with Crippen molar-refractivity contribution in [2.75, 3.05) is 0 Å². The van der Waals surface area contributed by atoms with E-state index in [9.17, 15) is 14.7 Å². The molecule has 2 aliphatic heterocycles. The van der Waals surface area contributed by atoms with Gasteiger partial charge in [0.25, 0.3) is 0 Å². The lowest BCUT2D eigenvalue weighted by Crippen LogP contribution is -2.57. The van der Waals surface area contributed by atoms with Crippen LogP contribution in [0.1, 0.15) is 61.3 Å². The van der Waals surface area contributed by atoms with Crippen LogP contribution in [0.15, 0.2) is 23.3 Å². The van der Waals surface area contributed by atoms with E-state index in [1.165, 1.54) is 13.8 Å². The molecule has 168 valence electrons. The molecule has 0 aromatic heterocycles. The van der Waals surface area contributed by atoms with Gasteiger partial charge in [-0.25, -0.2) is 0 Å². The van der Waals surface area contributed by atoms with Crippen LogP contribution in [0, 0.1) is 23.7 Å². The second kappa shape index (κ2) is 8.46. The lowest BCUT2D eigenvalue weighted by atomic mass is 9.61. The predicted molar refractivity (Wildman–Crippen MR) is 112 cm³/mol. The minimum Gasteiger partial charge on any atom is -0.459 e. The van der Waals surface area contributed by atoms with E-state index in [0.717, 1.165) is 17.6 Å². The van der Waals surface area contributed by atoms with Crippen molar-refractivity contribution in [3.05, 3.63) is 23.3 Å². The van der Waals surface area contributed by atoms with Crippen molar-refractivity contribution in [3.63, 3.8) is 0 Å². The lowest BCUT2D eigenvalue weighted by Gasteiger charge is -2.46. The summed E-state index contributed by atoms with van der Waals surface area (Å²) in [5.41, 5.74) is 0.907. The van der Waals surface area contributed by atoms with Gasteiger partial charge in [0.2, 0.25) is 0 Å². The number of fused-ring (bicyclic) bond motifs is 5. The molecule has 1 aliphatic carbocycles. The zero-order valence-corrected chi connectivity index (χ0v) is 19.2. The Morgan fingerprint density at radius 3 is 2.40 bits per heavy atom. The molecule has 1 saturated heterocycles. The largest absolute Gasteiger partial charge is 0.459 e. The molecule has 0 amide bonds. The van der Waals surface area contributed by atoms with Crippen molar-refractivity contribution < 1.29 is 28.9 Å². The first-order chi connectivity index (χ1) is 13.9. The summed E-state index contributed by atoms with van der Waals surface area (Å²) in [5.74, 6) is -0.480. The molecule has 2 heterocycles. The zero-order valence-electron chi connectivity index (χ0n) is 19.2. The molecule has 0 radical (unpaired) electrons. The maximum atomic E-state index is 11.8. The fourth-order valence-corrected chi connectivity index (χ4v) is 5.87. The average Bonchev–Trinajstić information content (AvgIpc) is 2.98. The first kappa shape index (κ1) is 23.0. The molecular weight excluding hydrogens is 384 g/mol. The van der Waals surface area contributed by atoms with Crippen molar-refractivity contribution >= 4 is 11.9 Å². The Hall–Kier alpha value is -1.66. The highest BCUT2D eigenvalue weighted by atomic mass is 16.6. The molecule has 2 bridgehead atoms. The quantitative estimate of drug-likeness (QED) is 0.555. The highest BCUT2D eigenvalue weighted by Gasteiger charge is 2.60. The highest BCUT2D eigenvalue weighted by molar-refractivity contribution is 5.66. The van der Waals surface area contributed by atoms with E-state index in [-0.39, 0.29) is 41.8 Å². The first-order valence-electron chi connectivity index (χ1n) is 11.0. The van der Waals surface area contributed by atoms with Crippen LogP contribution >= 0.6 is 0 Å². The maximum Gasteiger partial charge on any atom is 0.303 e. The molecule has 30 heavy (non-hydrogen) atoms. The van der Waals surface area contributed by atoms with Crippen LogP contribution in [-0.4, -0.2) is 47.1 Å². The molecule has 0 unspecified atom stereocenters. The van der Waals surface area contributed by atoms with Crippen LogP contribution in [-0.2, 0) is 23.8 Å². The predicted octanol–water partition coefficient (Wildman–Crippen LogP) is 3.57. The molecule has 0 saturated carbocycles. The Labute approximate surface area is 179 Å². The molecule has 8 atom stereocenters. The molecule has 0 aromatic carbocycles. The molecule has 1 N–H and O–H groups in total. The van der Waals surface area contributed by atoms with Gasteiger partial charge in [0.15, 0.2) is 0 Å². The number of aliphatic hydroxyl groups is 1. The summed E-state index contributed by atoms with van der Waals surface area (Å²) in [6.45, 7) is 12.9. The standard InChI is InChI=1S/C24H36O6/c1-12(2)20-18(28-15(5)25)11-14(4)21-17-10-13(3)8-9-19(29-16(6)26)24(7,27)23(30-17)22(20)21/h8,11-12,17-23,27H,9-10H2,1-7H3/b13-8+/t17-,18-,19+,20+,21-,22-,23-,24-/m1/s1. The molecule has 6 heteroatoms. The Bertz CT molecular complexity index is 749. The van der Waals surface area contributed by atoms with Crippen molar-refractivity contribution in [1.29, 1.82) is 0 Å². The van der Waals surface area contributed by atoms with E-state index in [0.29, 0.717) is 6.42 Å². The van der Waals surface area contributed by atoms with Crippen LogP contribution in [0.25, 0.3) is 0 Å². The molecule has 3 aliphatic rings. The Balaban J connectivity index is 2.11. The molecule has 0 aromatic rings. The van der Waals surface area contributed by atoms with E-state index in [4.69, 9.17) is 14.2 Å². The number of hydrogen-bond acceptors (Lipinski definition) is 6. The summed E-state index contributed by atoms with van der Waals surface area (Å²) in [5, 5.41) is 11.7. The fraction of sp³-hybridized carbons (Fsp3) is 0.750. The van der Waals surface area contributed by atoms with E-state index in [1.807, 2.05) is 6.08 Å². The fourth-order valence-electron chi connectivity index (χ4n) is 5.87. The van der Waals surface area contributed by atoms with Crippen molar-refractivity contribution in [3.8, 4) is 0 Å². The van der Waals surface area contributed by atoms with Gasteiger partial charge < -0.3 is 19.3 Å². The molecule has 1 fully saturated rings. The molecule has 3 rings (SSSR count). The summed E-state index contributed by atoms with van der Waals surface area (Å²) >= 11 is 0. The minimum atomic E-state index is -1.38. The third-order valence-electron chi connectivity index (χ3n) is 7.07. The number of esters is 2. The average molecular weight is 421 g/mol.